The highest BCUT2D eigenvalue weighted by Crippen LogP contribution is 2.31. The maximum atomic E-state index is 13.0. The average Bonchev–Trinajstić information content (AvgIpc) is 2.78. The van der Waals surface area contributed by atoms with Gasteiger partial charge in [-0.25, -0.2) is 8.42 Å². The van der Waals surface area contributed by atoms with Crippen molar-refractivity contribution in [1.82, 2.24) is 0 Å². The van der Waals surface area contributed by atoms with Gasteiger partial charge in [0.2, 0.25) is 5.91 Å². The second-order valence-electron chi connectivity index (χ2n) is 8.47. The third kappa shape index (κ3) is 9.09. The van der Waals surface area contributed by atoms with Crippen molar-refractivity contribution in [1.29, 1.82) is 0 Å². The van der Waals surface area contributed by atoms with Crippen LogP contribution in [0.15, 0.2) is 47.4 Å². The molecular formula is C24H29F3N2O7S. The van der Waals surface area contributed by atoms with Gasteiger partial charge in [0.1, 0.15) is 16.4 Å². The Balaban J connectivity index is 1.69. The van der Waals surface area contributed by atoms with Crippen LogP contribution in [-0.4, -0.2) is 51.7 Å². The molecule has 0 radical (unpaired) electrons. The zero-order valence-corrected chi connectivity index (χ0v) is 20.9. The predicted molar refractivity (Wildman–Crippen MR) is 129 cm³/mol. The Morgan fingerprint density at radius 1 is 1.16 bits per heavy atom. The van der Waals surface area contributed by atoms with Gasteiger partial charge in [-0.05, 0) is 56.4 Å². The van der Waals surface area contributed by atoms with Gasteiger partial charge >= 0.3 is 6.36 Å². The second kappa shape index (κ2) is 12.5. The van der Waals surface area contributed by atoms with Gasteiger partial charge in [0.05, 0.1) is 24.8 Å². The van der Waals surface area contributed by atoms with Gasteiger partial charge in [0.25, 0.3) is 10.0 Å². The minimum absolute atomic E-state index is 0.0711. The lowest BCUT2D eigenvalue weighted by Crippen LogP contribution is -2.25. The van der Waals surface area contributed by atoms with E-state index in [-0.39, 0.29) is 35.0 Å². The van der Waals surface area contributed by atoms with E-state index in [1.807, 2.05) is 0 Å². The summed E-state index contributed by atoms with van der Waals surface area (Å²) in [4.78, 5) is 12.1. The largest absolute Gasteiger partial charge is 0.573 e. The number of carbonyl (C=O) groups is 1. The molecule has 0 saturated carbocycles. The summed E-state index contributed by atoms with van der Waals surface area (Å²) in [5, 5.41) is 12.9. The number of alkyl halides is 3. The monoisotopic (exact) mass is 546 g/mol. The first-order valence-corrected chi connectivity index (χ1v) is 13.1. The van der Waals surface area contributed by atoms with E-state index in [0.29, 0.717) is 25.6 Å². The topological polar surface area (TPSA) is 123 Å². The van der Waals surface area contributed by atoms with E-state index in [4.69, 9.17) is 9.47 Å². The van der Waals surface area contributed by atoms with Gasteiger partial charge in [-0.3, -0.25) is 9.52 Å². The summed E-state index contributed by atoms with van der Waals surface area (Å²) in [6.07, 6.45) is -3.73. The van der Waals surface area contributed by atoms with E-state index in [1.54, 1.807) is 6.92 Å². The summed E-state index contributed by atoms with van der Waals surface area (Å²) in [6, 6.07) is 8.28. The van der Waals surface area contributed by atoms with Crippen LogP contribution in [0.25, 0.3) is 0 Å². The van der Waals surface area contributed by atoms with Crippen molar-refractivity contribution < 1.29 is 45.7 Å². The Morgan fingerprint density at radius 3 is 2.57 bits per heavy atom. The molecule has 3 N–H and O–H groups in total. The van der Waals surface area contributed by atoms with E-state index < -0.39 is 34.1 Å². The number of nitrogens with one attached hydrogen (secondary N) is 2. The van der Waals surface area contributed by atoms with Gasteiger partial charge in [0.15, 0.2) is 0 Å². The molecule has 37 heavy (non-hydrogen) atoms. The normalized spacial score (nSPS) is 15.6. The molecule has 1 heterocycles. The highest BCUT2D eigenvalue weighted by molar-refractivity contribution is 7.92. The summed E-state index contributed by atoms with van der Waals surface area (Å²) >= 11 is 0. The number of sulfonamides is 1. The first kappa shape index (κ1) is 28.5. The number of ether oxygens (including phenoxy) is 3. The minimum Gasteiger partial charge on any atom is -0.492 e. The van der Waals surface area contributed by atoms with E-state index in [1.165, 1.54) is 30.3 Å². The number of aliphatic hydroxyl groups is 1. The smallest absolute Gasteiger partial charge is 0.492 e. The van der Waals surface area contributed by atoms with Crippen molar-refractivity contribution in [2.24, 2.45) is 5.92 Å². The third-order valence-corrected chi connectivity index (χ3v) is 6.92. The van der Waals surface area contributed by atoms with Gasteiger partial charge in [-0.15, -0.1) is 13.2 Å². The molecule has 3 rings (SSSR count). The molecule has 0 bridgehead atoms. The molecule has 1 aliphatic heterocycles. The summed E-state index contributed by atoms with van der Waals surface area (Å²) in [5.41, 5.74) is 0.103. The van der Waals surface area contributed by atoms with Crippen molar-refractivity contribution >= 4 is 27.3 Å². The number of amides is 1. The molecule has 1 atom stereocenters. The molecule has 1 amide bonds. The Bertz CT molecular complexity index is 1170. The Morgan fingerprint density at radius 2 is 1.89 bits per heavy atom. The SMILES string of the molecule is CCOc1cc(NC(=O)CC(O)CC2CCOCC2)ccc1S(=O)(=O)Nc1cccc(OC(F)(F)F)c1. The third-order valence-electron chi connectivity index (χ3n) is 5.50. The Hall–Kier alpha value is -3.03. The van der Waals surface area contributed by atoms with Gasteiger partial charge in [-0.1, -0.05) is 6.07 Å². The highest BCUT2D eigenvalue weighted by atomic mass is 32.2. The quantitative estimate of drug-likeness (QED) is 0.384. The molecule has 1 unspecified atom stereocenters. The van der Waals surface area contributed by atoms with E-state index in [9.17, 15) is 31.5 Å². The molecule has 0 aromatic heterocycles. The lowest BCUT2D eigenvalue weighted by Gasteiger charge is -2.24. The number of hydrogen-bond acceptors (Lipinski definition) is 7. The number of aliphatic hydroxyl groups excluding tert-OH is 1. The molecule has 9 nitrogen and oxygen atoms in total. The van der Waals surface area contributed by atoms with Crippen LogP contribution in [0.2, 0.25) is 0 Å². The summed E-state index contributed by atoms with van der Waals surface area (Å²) in [7, 11) is -4.28. The van der Waals surface area contributed by atoms with Gasteiger partial charge in [-0.2, -0.15) is 0 Å². The predicted octanol–water partition coefficient (Wildman–Crippen LogP) is 4.29. The Labute approximate surface area is 213 Å². The zero-order valence-electron chi connectivity index (χ0n) is 20.1. The maximum Gasteiger partial charge on any atom is 0.573 e. The van der Waals surface area contributed by atoms with Crippen molar-refractivity contribution in [3.63, 3.8) is 0 Å². The van der Waals surface area contributed by atoms with E-state index in [2.05, 4.69) is 14.8 Å². The molecule has 2 aromatic carbocycles. The summed E-state index contributed by atoms with van der Waals surface area (Å²) < 4.78 is 80.2. The molecule has 1 aliphatic rings. The van der Waals surface area contributed by atoms with Crippen molar-refractivity contribution in [2.45, 2.75) is 50.0 Å². The molecule has 2 aromatic rings. The van der Waals surface area contributed by atoms with Crippen LogP contribution >= 0.6 is 0 Å². The van der Waals surface area contributed by atoms with Gasteiger partial charge in [0, 0.05) is 31.0 Å². The van der Waals surface area contributed by atoms with E-state index >= 15 is 0 Å². The highest BCUT2D eigenvalue weighted by Gasteiger charge is 2.31. The van der Waals surface area contributed by atoms with Crippen LogP contribution in [0, 0.1) is 5.92 Å². The standard InChI is InChI=1S/C24H29F3N2O7S/c1-2-35-21-14-17(28-23(31)15-19(30)12-16-8-10-34-11-9-16)6-7-22(21)37(32,33)29-18-4-3-5-20(13-18)36-24(25,26)27/h3-7,13-14,16,19,29-30H,2,8-12,15H2,1H3,(H,28,31). The van der Waals surface area contributed by atoms with Crippen LogP contribution in [-0.2, 0) is 19.6 Å². The number of halogens is 3. The average molecular weight is 547 g/mol. The van der Waals surface area contributed by atoms with Crippen LogP contribution in [0.3, 0.4) is 0 Å². The number of benzene rings is 2. The first-order chi connectivity index (χ1) is 17.4. The Kier molecular flexibility index (Phi) is 9.62. The number of hydrogen-bond donors (Lipinski definition) is 3. The van der Waals surface area contributed by atoms with Crippen LogP contribution in [0.5, 0.6) is 11.5 Å². The maximum absolute atomic E-state index is 13.0. The first-order valence-electron chi connectivity index (χ1n) is 11.7. The summed E-state index contributed by atoms with van der Waals surface area (Å²) in [5.74, 6) is -0.816. The molecule has 0 aliphatic carbocycles. The van der Waals surface area contributed by atoms with Crippen molar-refractivity contribution in [3.8, 4) is 11.5 Å². The van der Waals surface area contributed by atoms with Crippen molar-refractivity contribution in [2.75, 3.05) is 29.9 Å². The minimum atomic E-state index is -4.93. The zero-order chi connectivity index (χ0) is 27.1. The molecular weight excluding hydrogens is 517 g/mol. The van der Waals surface area contributed by atoms with Crippen molar-refractivity contribution in [3.05, 3.63) is 42.5 Å². The van der Waals surface area contributed by atoms with E-state index in [0.717, 1.165) is 25.0 Å². The van der Waals surface area contributed by atoms with Crippen LogP contribution < -0.4 is 19.5 Å². The number of anilines is 2. The fourth-order valence-corrected chi connectivity index (χ4v) is 5.10. The van der Waals surface area contributed by atoms with Crippen LogP contribution in [0.4, 0.5) is 24.5 Å². The number of carbonyl (C=O) groups excluding carboxylic acids is 1. The van der Waals surface area contributed by atoms with Gasteiger partial charge < -0.3 is 24.6 Å². The molecule has 13 heteroatoms. The number of rotatable bonds is 11. The molecule has 204 valence electrons. The fraction of sp³-hybridized carbons (Fsp3) is 0.458. The molecule has 1 fully saturated rings. The molecule has 1 saturated heterocycles. The second-order valence-corrected chi connectivity index (χ2v) is 10.1. The fourth-order valence-electron chi connectivity index (χ4n) is 3.92. The molecule has 0 spiro atoms. The lowest BCUT2D eigenvalue weighted by atomic mass is 9.92. The summed E-state index contributed by atoms with van der Waals surface area (Å²) in [6.45, 7) is 3.03. The van der Waals surface area contributed by atoms with Crippen LogP contribution in [0.1, 0.15) is 32.6 Å². The lowest BCUT2D eigenvalue weighted by molar-refractivity contribution is -0.274.